The molecule has 0 aliphatic heterocycles. The van der Waals surface area contributed by atoms with E-state index in [0.29, 0.717) is 15.8 Å². The first-order valence-corrected chi connectivity index (χ1v) is 6.21. The number of aryl methyl sites for hydroxylation is 1. The van der Waals surface area contributed by atoms with Gasteiger partial charge in [0, 0.05) is 23.6 Å². The van der Waals surface area contributed by atoms with Crippen LogP contribution >= 0.6 is 23.1 Å². The van der Waals surface area contributed by atoms with E-state index in [0.717, 1.165) is 17.1 Å². The third-order valence-corrected chi connectivity index (χ3v) is 3.11. The van der Waals surface area contributed by atoms with Crippen LogP contribution in [0.1, 0.15) is 5.56 Å². The van der Waals surface area contributed by atoms with E-state index in [2.05, 4.69) is 20.1 Å². The molecule has 0 saturated heterocycles. The molecular weight excluding hydrogens is 274 g/mol. The second-order valence-electron chi connectivity index (χ2n) is 3.47. The molecule has 2 amide bonds. The predicted molar refractivity (Wildman–Crippen MR) is 70.5 cm³/mol. The fourth-order valence-electron chi connectivity index (χ4n) is 1.50. The summed E-state index contributed by atoms with van der Waals surface area (Å²) in [6.07, 6.45) is 0. The maximum absolute atomic E-state index is 11.9. The topological polar surface area (TPSA) is 71.0 Å². The van der Waals surface area contributed by atoms with Gasteiger partial charge in [-0.15, -0.1) is 0 Å². The highest BCUT2D eigenvalue weighted by Gasteiger charge is 2.22. The highest BCUT2D eigenvalue weighted by atomic mass is 35.5. The fraction of sp³-hybridized carbons (Fsp3) is 0.200. The zero-order chi connectivity index (χ0) is 13.1. The molecule has 0 radical (unpaired) electrons. The van der Waals surface area contributed by atoms with E-state index in [1.165, 1.54) is 4.90 Å². The highest BCUT2D eigenvalue weighted by molar-refractivity contribution is 7.09. The third kappa shape index (κ3) is 2.41. The van der Waals surface area contributed by atoms with Crippen molar-refractivity contribution >= 4 is 40.0 Å². The van der Waals surface area contributed by atoms with Crippen LogP contribution in [0.5, 0.6) is 0 Å². The molecule has 8 heteroatoms. The van der Waals surface area contributed by atoms with Crippen molar-refractivity contribution in [3.05, 3.63) is 28.8 Å². The van der Waals surface area contributed by atoms with Crippen molar-refractivity contribution in [1.82, 2.24) is 20.1 Å². The van der Waals surface area contributed by atoms with Gasteiger partial charge in [-0.2, -0.15) is 0 Å². The number of nitrogens with one attached hydrogen (secondary N) is 1. The number of rotatable bonds is 2. The van der Waals surface area contributed by atoms with Crippen LogP contribution in [0.25, 0.3) is 0 Å². The van der Waals surface area contributed by atoms with Gasteiger partial charge in [0.15, 0.2) is 0 Å². The normalized spacial score (nSPS) is 10.2. The summed E-state index contributed by atoms with van der Waals surface area (Å²) in [5, 5.41) is 10.9. The van der Waals surface area contributed by atoms with Gasteiger partial charge in [0.25, 0.3) is 0 Å². The first-order valence-electron chi connectivity index (χ1n) is 5.06. The highest BCUT2D eigenvalue weighted by Crippen LogP contribution is 2.30. The number of carbonyl (C=O) groups excluding carboxylic acids is 1. The summed E-state index contributed by atoms with van der Waals surface area (Å²) in [5.41, 5.74) is 1.55. The molecule has 94 valence electrons. The van der Waals surface area contributed by atoms with E-state index >= 15 is 0 Å². The number of benzene rings is 1. The van der Waals surface area contributed by atoms with Crippen LogP contribution in [-0.2, 0) is 0 Å². The lowest BCUT2D eigenvalue weighted by atomic mass is 10.2. The van der Waals surface area contributed by atoms with Gasteiger partial charge in [-0.3, -0.25) is 0 Å². The molecule has 0 saturated carbocycles. The first-order chi connectivity index (χ1) is 8.63. The van der Waals surface area contributed by atoms with E-state index in [4.69, 9.17) is 11.6 Å². The number of amides is 2. The molecule has 0 unspecified atom stereocenters. The zero-order valence-corrected chi connectivity index (χ0v) is 11.3. The molecule has 1 heterocycles. The van der Waals surface area contributed by atoms with Crippen molar-refractivity contribution < 1.29 is 4.79 Å². The lowest BCUT2D eigenvalue weighted by Gasteiger charge is -2.20. The van der Waals surface area contributed by atoms with Gasteiger partial charge in [0.1, 0.15) is 0 Å². The Morgan fingerprint density at radius 2 is 2.28 bits per heavy atom. The maximum Gasteiger partial charge on any atom is 0.328 e. The predicted octanol–water partition coefficient (Wildman–Crippen LogP) is 2.37. The van der Waals surface area contributed by atoms with Crippen LogP contribution in [0, 0.1) is 6.92 Å². The van der Waals surface area contributed by atoms with Crippen LogP contribution < -0.4 is 10.2 Å². The summed E-state index contributed by atoms with van der Waals surface area (Å²) in [4.78, 5) is 13.4. The monoisotopic (exact) mass is 283 g/mol. The van der Waals surface area contributed by atoms with Gasteiger partial charge in [-0.25, -0.2) is 9.69 Å². The molecule has 0 aliphatic rings. The average molecular weight is 284 g/mol. The van der Waals surface area contributed by atoms with Crippen molar-refractivity contribution in [2.75, 3.05) is 11.9 Å². The Bertz CT molecular complexity index is 559. The number of carbonyl (C=O) groups is 1. The molecule has 18 heavy (non-hydrogen) atoms. The second kappa shape index (κ2) is 5.28. The van der Waals surface area contributed by atoms with Crippen molar-refractivity contribution in [2.24, 2.45) is 0 Å². The van der Waals surface area contributed by atoms with Crippen LogP contribution in [0.4, 0.5) is 15.6 Å². The average Bonchev–Trinajstić information content (AvgIpc) is 2.85. The Morgan fingerprint density at radius 1 is 1.50 bits per heavy atom. The second-order valence-corrected chi connectivity index (χ2v) is 4.61. The van der Waals surface area contributed by atoms with Gasteiger partial charge >= 0.3 is 6.03 Å². The van der Waals surface area contributed by atoms with Crippen LogP contribution in [0.3, 0.4) is 0 Å². The van der Waals surface area contributed by atoms with Gasteiger partial charge in [0.05, 0.1) is 5.69 Å². The number of aromatic nitrogens is 3. The van der Waals surface area contributed by atoms with Crippen molar-refractivity contribution in [3.63, 3.8) is 0 Å². The van der Waals surface area contributed by atoms with E-state index in [-0.39, 0.29) is 6.03 Å². The summed E-state index contributed by atoms with van der Waals surface area (Å²) in [7, 11) is 1.55. The Hall–Kier alpha value is -1.73. The molecule has 1 N–H and O–H groups in total. The van der Waals surface area contributed by atoms with Gasteiger partial charge in [0.2, 0.25) is 5.13 Å². The quantitative estimate of drug-likeness (QED) is 0.918. The minimum atomic E-state index is -0.307. The molecule has 0 atom stereocenters. The molecule has 6 nitrogen and oxygen atoms in total. The molecule has 0 fully saturated rings. The van der Waals surface area contributed by atoms with E-state index in [9.17, 15) is 4.79 Å². The molecule has 1 aromatic heterocycles. The lowest BCUT2D eigenvalue weighted by molar-refractivity contribution is 0.250. The number of halogens is 1. The SMILES string of the molecule is CNC(=O)N(c1nnns1)c1ccc(Cl)cc1C. The van der Waals surface area contributed by atoms with Crippen molar-refractivity contribution in [3.8, 4) is 0 Å². The molecule has 0 aliphatic carbocycles. The zero-order valence-electron chi connectivity index (χ0n) is 9.72. The molecule has 0 spiro atoms. The first kappa shape index (κ1) is 12.7. The molecule has 2 rings (SSSR count). The lowest BCUT2D eigenvalue weighted by Crippen LogP contribution is -2.34. The minimum absolute atomic E-state index is 0.307. The summed E-state index contributed by atoms with van der Waals surface area (Å²) in [5.74, 6) is 0. The number of nitrogens with zero attached hydrogens (tertiary/aromatic N) is 4. The Kier molecular flexibility index (Phi) is 3.73. The van der Waals surface area contributed by atoms with Crippen LogP contribution in [0.2, 0.25) is 5.02 Å². The summed E-state index contributed by atoms with van der Waals surface area (Å²) < 4.78 is 3.67. The van der Waals surface area contributed by atoms with Crippen molar-refractivity contribution in [1.29, 1.82) is 0 Å². The Morgan fingerprint density at radius 3 is 2.83 bits per heavy atom. The molecule has 2 aromatic rings. The number of hydrogen-bond donors (Lipinski definition) is 1. The van der Waals surface area contributed by atoms with Crippen LogP contribution in [-0.4, -0.2) is 27.9 Å². The van der Waals surface area contributed by atoms with Crippen molar-refractivity contribution in [2.45, 2.75) is 6.92 Å². The van der Waals surface area contributed by atoms with E-state index in [1.807, 2.05) is 6.92 Å². The van der Waals surface area contributed by atoms with Gasteiger partial charge in [-0.1, -0.05) is 21.2 Å². The Balaban J connectivity index is 2.50. The third-order valence-electron chi connectivity index (χ3n) is 2.30. The summed E-state index contributed by atoms with van der Waals surface area (Å²) >= 11 is 6.95. The molecular formula is C10H10ClN5OS. The standard InChI is InChI=1S/C10H10ClN5OS/c1-6-5-7(11)3-4-8(6)16(9(17)12-2)10-13-14-15-18-10/h3-5H,1-2H3,(H,12,17). The van der Waals surface area contributed by atoms with Gasteiger partial charge < -0.3 is 5.32 Å². The summed E-state index contributed by atoms with van der Waals surface area (Å²) in [6, 6.07) is 4.95. The number of anilines is 2. The maximum atomic E-state index is 11.9. The van der Waals surface area contributed by atoms with Gasteiger partial charge in [-0.05, 0) is 35.9 Å². The minimum Gasteiger partial charge on any atom is -0.340 e. The largest absolute Gasteiger partial charge is 0.340 e. The Labute approximate surface area is 113 Å². The molecule has 0 bridgehead atoms. The van der Waals surface area contributed by atoms with Crippen LogP contribution in [0.15, 0.2) is 18.2 Å². The molecule has 1 aromatic carbocycles. The number of hydrogen-bond acceptors (Lipinski definition) is 5. The van der Waals surface area contributed by atoms with E-state index < -0.39 is 0 Å². The summed E-state index contributed by atoms with van der Waals surface area (Å²) in [6.45, 7) is 1.87. The number of urea groups is 1. The fourth-order valence-corrected chi connectivity index (χ4v) is 2.20. The van der Waals surface area contributed by atoms with E-state index in [1.54, 1.807) is 25.2 Å². The smallest absolute Gasteiger partial charge is 0.328 e.